The largest absolute Gasteiger partial charge is 0.489 e. The van der Waals surface area contributed by atoms with E-state index in [0.29, 0.717) is 5.30 Å². The van der Waals surface area contributed by atoms with Crippen LogP contribution in [0, 0.1) is 0 Å². The Morgan fingerprint density at radius 3 is 2.46 bits per heavy atom. The zero-order valence-corrected chi connectivity index (χ0v) is 8.04. The highest BCUT2D eigenvalue weighted by molar-refractivity contribution is 7.63. The van der Waals surface area contributed by atoms with E-state index in [2.05, 4.69) is 8.96 Å². The fourth-order valence-electron chi connectivity index (χ4n) is 0.907. The number of halogens is 1. The van der Waals surface area contributed by atoms with Gasteiger partial charge in [0.2, 0.25) is 0 Å². The van der Waals surface area contributed by atoms with Crippen LogP contribution in [0.2, 0.25) is 0 Å². The Kier molecular flexibility index (Phi) is 3.66. The van der Waals surface area contributed by atoms with Gasteiger partial charge < -0.3 is 8.96 Å². The highest BCUT2D eigenvalue weighted by Crippen LogP contribution is 2.45. The van der Waals surface area contributed by atoms with Crippen molar-refractivity contribution in [3.05, 3.63) is 30.3 Å². The zero-order chi connectivity index (χ0) is 9.73. The predicted octanol–water partition coefficient (Wildman–Crippen LogP) is 1.40. The van der Waals surface area contributed by atoms with Crippen molar-refractivity contribution in [3.8, 4) is 0 Å². The molecular weight excluding hydrogens is 193 g/mol. The van der Waals surface area contributed by atoms with Gasteiger partial charge in [0.15, 0.2) is 0 Å². The molecule has 1 unspecified atom stereocenters. The van der Waals surface area contributed by atoms with Crippen molar-refractivity contribution in [1.29, 1.82) is 0 Å². The van der Waals surface area contributed by atoms with Gasteiger partial charge in [-0.3, -0.25) is 8.88 Å². The fraction of sp³-hybridized carbons (Fsp3) is 0.143. The molecule has 70 valence electrons. The Hall–Kier alpha value is -0.635. The van der Waals surface area contributed by atoms with Gasteiger partial charge in [-0.15, -0.1) is 0 Å². The predicted molar refractivity (Wildman–Crippen MR) is 50.0 cm³/mol. The average Bonchev–Trinajstić information content (AvgIpc) is 2.19. The van der Waals surface area contributed by atoms with Crippen molar-refractivity contribution >= 4 is 20.7 Å². The second-order valence-corrected chi connectivity index (χ2v) is 4.39. The Labute approximate surface area is 76.7 Å². The Morgan fingerprint density at radius 2 is 2.00 bits per heavy atom. The van der Waals surface area contributed by atoms with Crippen LogP contribution in [0.3, 0.4) is 0 Å². The standard InChI is InChI=1S/C7H9BFO3P/c1-11-13(10,12-8-9)7-5-3-2-4-6-7/h2-6,8H,1H3. The van der Waals surface area contributed by atoms with Crippen LogP contribution in [-0.4, -0.2) is 14.9 Å². The van der Waals surface area contributed by atoms with E-state index in [1.165, 1.54) is 7.11 Å². The summed E-state index contributed by atoms with van der Waals surface area (Å²) in [5.41, 5.74) is 0. The van der Waals surface area contributed by atoms with Crippen LogP contribution in [0.4, 0.5) is 4.32 Å². The third-order valence-corrected chi connectivity index (χ3v) is 3.38. The maximum absolute atomic E-state index is 11.9. The van der Waals surface area contributed by atoms with Gasteiger partial charge in [0.05, 0.1) is 5.30 Å². The smallest absolute Gasteiger partial charge is 0.336 e. The van der Waals surface area contributed by atoms with E-state index in [1.807, 2.05) is 0 Å². The van der Waals surface area contributed by atoms with Crippen LogP contribution < -0.4 is 5.30 Å². The van der Waals surface area contributed by atoms with Gasteiger partial charge in [-0.1, -0.05) is 18.2 Å². The SMILES string of the molecule is COP(=O)(OBF)c1ccccc1. The second kappa shape index (κ2) is 4.56. The molecule has 0 radical (unpaired) electrons. The average molecular weight is 202 g/mol. The molecule has 1 aromatic rings. The van der Waals surface area contributed by atoms with Crippen LogP contribution in [0.1, 0.15) is 0 Å². The maximum atomic E-state index is 11.9. The summed E-state index contributed by atoms with van der Waals surface area (Å²) >= 11 is 0. The van der Waals surface area contributed by atoms with Crippen LogP contribution in [0.15, 0.2) is 30.3 Å². The Morgan fingerprint density at radius 1 is 1.38 bits per heavy atom. The first kappa shape index (κ1) is 10.4. The highest BCUT2D eigenvalue weighted by atomic mass is 31.2. The quantitative estimate of drug-likeness (QED) is 0.546. The lowest BCUT2D eigenvalue weighted by Crippen LogP contribution is -2.09. The first-order chi connectivity index (χ1) is 6.23. The topological polar surface area (TPSA) is 35.5 Å². The molecule has 0 aliphatic rings. The van der Waals surface area contributed by atoms with Crippen molar-refractivity contribution < 1.29 is 17.8 Å². The molecule has 0 aromatic heterocycles. The molecule has 0 spiro atoms. The molecule has 3 nitrogen and oxygen atoms in total. The molecule has 0 amide bonds. The van der Waals surface area contributed by atoms with Crippen molar-refractivity contribution in [1.82, 2.24) is 0 Å². The summed E-state index contributed by atoms with van der Waals surface area (Å²) in [5, 5.41) is 0.357. The fourth-order valence-corrected chi connectivity index (χ4v) is 2.04. The minimum Gasteiger partial charge on any atom is -0.336 e. The van der Waals surface area contributed by atoms with Crippen molar-refractivity contribution in [2.75, 3.05) is 7.11 Å². The number of hydrogen-bond donors (Lipinski definition) is 0. The van der Waals surface area contributed by atoms with E-state index >= 15 is 0 Å². The van der Waals surface area contributed by atoms with E-state index in [9.17, 15) is 8.88 Å². The maximum Gasteiger partial charge on any atom is 0.489 e. The summed E-state index contributed by atoms with van der Waals surface area (Å²) < 4.78 is 32.7. The van der Waals surface area contributed by atoms with Gasteiger partial charge in [0.25, 0.3) is 0 Å². The van der Waals surface area contributed by atoms with E-state index in [1.54, 1.807) is 30.3 Å². The third kappa shape index (κ3) is 2.40. The molecule has 6 heteroatoms. The molecule has 0 aliphatic carbocycles. The van der Waals surface area contributed by atoms with E-state index in [-0.39, 0.29) is 0 Å². The summed E-state index contributed by atoms with van der Waals surface area (Å²) in [4.78, 5) is 0. The Bertz CT molecular complexity index is 306. The lowest BCUT2D eigenvalue weighted by atomic mass is 10.4. The first-order valence-electron chi connectivity index (χ1n) is 3.65. The summed E-state index contributed by atoms with van der Waals surface area (Å²) in [6.45, 7) is 0. The molecule has 0 saturated heterocycles. The molecule has 0 N–H and O–H groups in total. The molecule has 1 aromatic carbocycles. The van der Waals surface area contributed by atoms with E-state index in [4.69, 9.17) is 0 Å². The van der Waals surface area contributed by atoms with Crippen LogP contribution in [0.25, 0.3) is 0 Å². The monoisotopic (exact) mass is 202 g/mol. The van der Waals surface area contributed by atoms with Gasteiger partial charge in [0, 0.05) is 7.11 Å². The molecule has 0 fully saturated rings. The molecular formula is C7H9BFO3P. The molecule has 1 rings (SSSR count). The number of rotatable bonds is 4. The summed E-state index contributed by atoms with van der Waals surface area (Å²) in [5.74, 6) is 0. The lowest BCUT2D eigenvalue weighted by Gasteiger charge is -2.13. The minimum absolute atomic E-state index is 0.357. The molecule has 0 bridgehead atoms. The normalized spacial score (nSPS) is 14.9. The van der Waals surface area contributed by atoms with Crippen molar-refractivity contribution in [2.45, 2.75) is 0 Å². The van der Waals surface area contributed by atoms with Crippen LogP contribution in [0.5, 0.6) is 0 Å². The molecule has 0 saturated carbocycles. The van der Waals surface area contributed by atoms with Crippen molar-refractivity contribution in [3.63, 3.8) is 0 Å². The van der Waals surface area contributed by atoms with Gasteiger partial charge in [0.1, 0.15) is 0 Å². The molecule has 0 aliphatic heterocycles. The minimum atomic E-state index is -3.43. The van der Waals surface area contributed by atoms with Crippen LogP contribution >= 0.6 is 7.60 Å². The van der Waals surface area contributed by atoms with Gasteiger partial charge in [-0.25, -0.2) is 0 Å². The lowest BCUT2D eigenvalue weighted by molar-refractivity contribution is 0.332. The molecule has 13 heavy (non-hydrogen) atoms. The Balaban J connectivity index is 2.96. The second-order valence-electron chi connectivity index (χ2n) is 2.25. The first-order valence-corrected chi connectivity index (χ1v) is 5.19. The summed E-state index contributed by atoms with van der Waals surface area (Å²) in [6.07, 6.45) is 0. The number of hydrogen-bond acceptors (Lipinski definition) is 3. The number of benzene rings is 1. The van der Waals surface area contributed by atoms with Gasteiger partial charge in [-0.2, -0.15) is 0 Å². The van der Waals surface area contributed by atoms with Crippen molar-refractivity contribution in [2.24, 2.45) is 0 Å². The molecule has 0 heterocycles. The summed E-state index contributed by atoms with van der Waals surface area (Å²) in [7, 11) is -3.33. The third-order valence-electron chi connectivity index (χ3n) is 1.53. The van der Waals surface area contributed by atoms with Gasteiger partial charge in [-0.05, 0) is 12.1 Å². The summed E-state index contributed by atoms with van der Waals surface area (Å²) in [6, 6.07) is 8.27. The molecule has 1 atom stereocenters. The highest BCUT2D eigenvalue weighted by Gasteiger charge is 2.25. The zero-order valence-electron chi connectivity index (χ0n) is 7.14. The van der Waals surface area contributed by atoms with E-state index in [0.717, 1.165) is 0 Å². The van der Waals surface area contributed by atoms with Gasteiger partial charge >= 0.3 is 15.4 Å². The van der Waals surface area contributed by atoms with E-state index < -0.39 is 15.4 Å². The van der Waals surface area contributed by atoms with Crippen LogP contribution in [-0.2, 0) is 13.5 Å².